The SMILES string of the molecule is O=C1OCCC=C[C@@H]2S[C@]34C=CCN(C5CCCCC5)C(=O)C3N([C@@H](CO)Cc3ccccc3)C(=O)[C@@H]4[C@H]12. The van der Waals surface area contributed by atoms with Gasteiger partial charge in [0.2, 0.25) is 11.8 Å². The summed E-state index contributed by atoms with van der Waals surface area (Å²) in [6, 6.07) is 8.57. The molecular formula is C30H36N2O5S. The molecule has 1 unspecified atom stereocenters. The maximum Gasteiger partial charge on any atom is 0.311 e. The van der Waals surface area contributed by atoms with Crippen molar-refractivity contribution in [1.82, 2.24) is 9.80 Å². The number of hydrogen-bond donors (Lipinski definition) is 1. The fourth-order valence-electron chi connectivity index (χ4n) is 7.32. The van der Waals surface area contributed by atoms with Crippen molar-refractivity contribution in [2.24, 2.45) is 11.8 Å². The van der Waals surface area contributed by atoms with Gasteiger partial charge >= 0.3 is 5.97 Å². The monoisotopic (exact) mass is 536 g/mol. The van der Waals surface area contributed by atoms with Gasteiger partial charge in [0.1, 0.15) is 6.04 Å². The van der Waals surface area contributed by atoms with Crippen LogP contribution >= 0.6 is 11.8 Å². The summed E-state index contributed by atoms with van der Waals surface area (Å²) in [6.45, 7) is 0.542. The Morgan fingerprint density at radius 3 is 2.61 bits per heavy atom. The Morgan fingerprint density at radius 1 is 1.05 bits per heavy atom. The van der Waals surface area contributed by atoms with E-state index in [4.69, 9.17) is 4.74 Å². The summed E-state index contributed by atoms with van der Waals surface area (Å²) in [7, 11) is 0. The zero-order valence-corrected chi connectivity index (χ0v) is 22.4. The van der Waals surface area contributed by atoms with Crippen LogP contribution in [0.1, 0.15) is 44.1 Å². The van der Waals surface area contributed by atoms with Crippen LogP contribution in [0, 0.1) is 11.8 Å². The molecule has 5 aliphatic rings. The number of rotatable bonds is 5. The first-order valence-corrected chi connectivity index (χ1v) is 14.9. The van der Waals surface area contributed by atoms with E-state index >= 15 is 0 Å². The number of hydrogen-bond acceptors (Lipinski definition) is 6. The summed E-state index contributed by atoms with van der Waals surface area (Å²) >= 11 is 1.56. The normalized spacial score (nSPS) is 34.2. The summed E-state index contributed by atoms with van der Waals surface area (Å²) in [4.78, 5) is 46.0. The highest BCUT2D eigenvalue weighted by Crippen LogP contribution is 2.61. The van der Waals surface area contributed by atoms with Gasteiger partial charge in [-0.25, -0.2) is 0 Å². The van der Waals surface area contributed by atoms with E-state index in [-0.39, 0.29) is 35.7 Å². The Morgan fingerprint density at radius 2 is 1.84 bits per heavy atom. The molecular weight excluding hydrogens is 500 g/mol. The summed E-state index contributed by atoms with van der Waals surface area (Å²) in [5.74, 6) is -2.01. The van der Waals surface area contributed by atoms with E-state index in [1.165, 1.54) is 6.42 Å². The Hall–Kier alpha value is -2.58. The molecule has 2 amide bonds. The number of amides is 2. The number of thioether (sulfide) groups is 1. The molecule has 1 aliphatic carbocycles. The van der Waals surface area contributed by atoms with E-state index in [0.29, 0.717) is 26.0 Å². The van der Waals surface area contributed by atoms with Crippen molar-refractivity contribution >= 4 is 29.5 Å². The lowest BCUT2D eigenvalue weighted by Crippen LogP contribution is -2.58. The highest BCUT2D eigenvalue weighted by molar-refractivity contribution is 8.02. The maximum absolute atomic E-state index is 14.6. The lowest BCUT2D eigenvalue weighted by Gasteiger charge is -2.41. The van der Waals surface area contributed by atoms with Gasteiger partial charge < -0.3 is 19.6 Å². The summed E-state index contributed by atoms with van der Waals surface area (Å²) in [6.07, 6.45) is 14.6. The second-order valence-electron chi connectivity index (χ2n) is 11.2. The molecule has 1 spiro atoms. The molecule has 0 bridgehead atoms. The molecule has 7 nitrogen and oxygen atoms in total. The fourth-order valence-corrected chi connectivity index (χ4v) is 9.30. The molecule has 6 atom stereocenters. The summed E-state index contributed by atoms with van der Waals surface area (Å²) in [5.41, 5.74) is 0.991. The molecule has 6 rings (SSSR count). The van der Waals surface area contributed by atoms with Crippen LogP contribution in [-0.4, -0.2) is 80.6 Å². The highest BCUT2D eigenvalue weighted by Gasteiger charge is 2.71. The van der Waals surface area contributed by atoms with Crippen LogP contribution in [0.5, 0.6) is 0 Å². The average Bonchev–Trinajstić information content (AvgIpc) is 3.32. The van der Waals surface area contributed by atoms with Crippen LogP contribution in [0.3, 0.4) is 0 Å². The van der Waals surface area contributed by atoms with E-state index in [1.807, 2.05) is 53.5 Å². The fraction of sp³-hybridized carbons (Fsp3) is 0.567. The van der Waals surface area contributed by atoms with Gasteiger partial charge in [0.15, 0.2) is 0 Å². The molecule has 1 aromatic carbocycles. The third kappa shape index (κ3) is 4.20. The third-order valence-corrected chi connectivity index (χ3v) is 10.8. The number of aliphatic hydroxyl groups is 1. The number of benzene rings is 1. The molecule has 1 saturated carbocycles. The number of nitrogens with zero attached hydrogens (tertiary/aromatic N) is 2. The van der Waals surface area contributed by atoms with E-state index in [1.54, 1.807) is 16.7 Å². The molecule has 0 radical (unpaired) electrons. The first-order valence-electron chi connectivity index (χ1n) is 14.0. The molecule has 202 valence electrons. The quantitative estimate of drug-likeness (QED) is 0.460. The van der Waals surface area contributed by atoms with Gasteiger partial charge in [-0.05, 0) is 31.2 Å². The highest BCUT2D eigenvalue weighted by atomic mass is 32.2. The second kappa shape index (κ2) is 10.5. The number of cyclic esters (lactones) is 1. The Kier molecular flexibility index (Phi) is 7.12. The van der Waals surface area contributed by atoms with E-state index < -0.39 is 28.7 Å². The predicted octanol–water partition coefficient (Wildman–Crippen LogP) is 3.12. The Balaban J connectivity index is 1.44. The molecule has 1 N–H and O–H groups in total. The maximum atomic E-state index is 14.6. The molecule has 38 heavy (non-hydrogen) atoms. The van der Waals surface area contributed by atoms with Crippen molar-refractivity contribution in [2.45, 2.75) is 73.1 Å². The van der Waals surface area contributed by atoms with Crippen molar-refractivity contribution in [3.63, 3.8) is 0 Å². The van der Waals surface area contributed by atoms with Crippen LogP contribution in [0.15, 0.2) is 54.6 Å². The minimum atomic E-state index is -0.884. The van der Waals surface area contributed by atoms with E-state index in [2.05, 4.69) is 6.08 Å². The topological polar surface area (TPSA) is 87.2 Å². The summed E-state index contributed by atoms with van der Waals surface area (Å²) in [5, 5.41) is 10.4. The standard InChI is InChI=1S/C30H36N2O5S/c33-19-22(18-20-10-3-1-4-11-20)32-26-28(35)31(21-12-5-2-6-13-21)16-9-15-30(26)25(27(32)34)24-23(38-30)14-7-8-17-37-29(24)36/h1,3-4,7,9-11,14-15,21-26,33H,2,5-6,8,12-13,16-19H2/t22-,23+,24-,25+,26?,30+/m1/s1. The van der Waals surface area contributed by atoms with Crippen LogP contribution in [0.4, 0.5) is 0 Å². The number of esters is 1. The van der Waals surface area contributed by atoms with Gasteiger partial charge in [-0.3, -0.25) is 14.4 Å². The second-order valence-corrected chi connectivity index (χ2v) is 12.7. The smallest absolute Gasteiger partial charge is 0.311 e. The first-order chi connectivity index (χ1) is 18.5. The molecule has 4 heterocycles. The molecule has 8 heteroatoms. The van der Waals surface area contributed by atoms with Gasteiger partial charge in [-0.15, -0.1) is 11.8 Å². The van der Waals surface area contributed by atoms with Gasteiger partial charge in [-0.2, -0.15) is 0 Å². The Bertz CT molecular complexity index is 1130. The summed E-state index contributed by atoms with van der Waals surface area (Å²) < 4.78 is 4.69. The number of carbonyl (C=O) groups is 3. The van der Waals surface area contributed by atoms with Crippen LogP contribution < -0.4 is 0 Å². The van der Waals surface area contributed by atoms with Gasteiger partial charge in [0.05, 0.1) is 35.8 Å². The van der Waals surface area contributed by atoms with Gasteiger partial charge in [0.25, 0.3) is 0 Å². The largest absolute Gasteiger partial charge is 0.465 e. The average molecular weight is 537 g/mol. The van der Waals surface area contributed by atoms with Gasteiger partial charge in [0, 0.05) is 17.8 Å². The van der Waals surface area contributed by atoms with Crippen molar-refractivity contribution < 1.29 is 24.2 Å². The molecule has 3 fully saturated rings. The van der Waals surface area contributed by atoms with Crippen LogP contribution in [-0.2, 0) is 25.5 Å². The minimum absolute atomic E-state index is 0.0524. The molecule has 1 aromatic rings. The minimum Gasteiger partial charge on any atom is -0.465 e. The molecule has 0 aromatic heterocycles. The zero-order valence-electron chi connectivity index (χ0n) is 21.6. The first kappa shape index (κ1) is 25.7. The number of fused-ring (bicyclic) bond motifs is 2. The third-order valence-electron chi connectivity index (χ3n) is 9.02. The van der Waals surface area contributed by atoms with Crippen molar-refractivity contribution in [3.05, 3.63) is 60.2 Å². The van der Waals surface area contributed by atoms with Crippen molar-refractivity contribution in [2.75, 3.05) is 19.8 Å². The zero-order chi connectivity index (χ0) is 26.3. The Labute approximate surface area is 228 Å². The van der Waals surface area contributed by atoms with Gasteiger partial charge in [-0.1, -0.05) is 73.9 Å². The van der Waals surface area contributed by atoms with Crippen molar-refractivity contribution in [3.8, 4) is 0 Å². The molecule has 4 aliphatic heterocycles. The molecule has 2 saturated heterocycles. The van der Waals surface area contributed by atoms with E-state index in [0.717, 1.165) is 31.2 Å². The number of likely N-dealkylation sites (tertiary alicyclic amines) is 1. The number of ether oxygens (including phenoxy) is 1. The number of aliphatic hydroxyl groups excluding tert-OH is 1. The lowest BCUT2D eigenvalue weighted by molar-refractivity contribution is -0.153. The van der Waals surface area contributed by atoms with Crippen LogP contribution in [0.25, 0.3) is 0 Å². The van der Waals surface area contributed by atoms with Crippen LogP contribution in [0.2, 0.25) is 0 Å². The van der Waals surface area contributed by atoms with E-state index in [9.17, 15) is 19.5 Å². The number of carbonyl (C=O) groups excluding carboxylic acids is 3. The lowest BCUT2D eigenvalue weighted by atomic mass is 9.78. The predicted molar refractivity (Wildman–Crippen MR) is 145 cm³/mol. The van der Waals surface area contributed by atoms with Crippen molar-refractivity contribution in [1.29, 1.82) is 0 Å².